The van der Waals surface area contributed by atoms with Gasteiger partial charge >= 0.3 is 145 Å². The van der Waals surface area contributed by atoms with E-state index in [1.54, 1.807) is 6.92 Å². The summed E-state index contributed by atoms with van der Waals surface area (Å²) in [7, 11) is -3.45. The monoisotopic (exact) mass is 368 g/mol. The van der Waals surface area contributed by atoms with Crippen LogP contribution in [0.3, 0.4) is 0 Å². The molecule has 1 N–H and O–H groups in total. The first kappa shape index (κ1) is 23.6. The molecule has 0 saturated carbocycles. The molecule has 2 unspecified atom stereocenters. The second-order valence-electron chi connectivity index (χ2n) is 7.28. The third kappa shape index (κ3) is 6.43. The Morgan fingerprint density at radius 1 is 0.913 bits per heavy atom. The molecule has 0 spiro atoms. The topological polar surface area (TPSA) is 46.5 Å². The summed E-state index contributed by atoms with van der Waals surface area (Å²) in [6, 6.07) is 0. The molecule has 0 saturated heterocycles. The molecule has 142 valence electrons. The standard InChI is InChI=1S/C18H42O3P2/c1-7-12-15-23(11-5,16-13-8-2,17-14-9-3)18(6)21-22(19,20)10-4/h18H,7-17H2,1-6H3,(H,19,20). The maximum absolute atomic E-state index is 12.3. The van der Waals surface area contributed by atoms with Gasteiger partial charge < -0.3 is 0 Å². The Bertz CT molecular complexity index is 347. The van der Waals surface area contributed by atoms with E-state index in [0.717, 1.165) is 6.16 Å². The van der Waals surface area contributed by atoms with Crippen LogP contribution in [0.4, 0.5) is 0 Å². The Kier molecular flexibility index (Phi) is 10.8. The zero-order valence-electron chi connectivity index (χ0n) is 16.5. The van der Waals surface area contributed by atoms with Crippen molar-refractivity contribution in [3.63, 3.8) is 0 Å². The van der Waals surface area contributed by atoms with Gasteiger partial charge in [0, 0.05) is 0 Å². The Labute approximate surface area is 145 Å². The molecule has 23 heavy (non-hydrogen) atoms. The van der Waals surface area contributed by atoms with Gasteiger partial charge in [0.15, 0.2) is 0 Å². The van der Waals surface area contributed by atoms with Crippen molar-refractivity contribution in [3.05, 3.63) is 0 Å². The third-order valence-electron chi connectivity index (χ3n) is 5.94. The Hall–Kier alpha value is 0.580. The van der Waals surface area contributed by atoms with Gasteiger partial charge in [0.05, 0.1) is 0 Å². The molecule has 0 heterocycles. The second kappa shape index (κ2) is 10.5. The van der Waals surface area contributed by atoms with Crippen molar-refractivity contribution in [2.24, 2.45) is 0 Å². The molecule has 0 radical (unpaired) electrons. The maximum atomic E-state index is 12.3. The minimum atomic E-state index is -3.45. The molecule has 0 aliphatic rings. The predicted molar refractivity (Wildman–Crippen MR) is 108 cm³/mol. The van der Waals surface area contributed by atoms with Crippen LogP contribution >= 0.6 is 14.2 Å². The fourth-order valence-electron chi connectivity index (χ4n) is 3.81. The Morgan fingerprint density at radius 3 is 1.57 bits per heavy atom. The van der Waals surface area contributed by atoms with E-state index < -0.39 is 14.2 Å². The van der Waals surface area contributed by atoms with Gasteiger partial charge in [-0.2, -0.15) is 0 Å². The first-order valence-corrected chi connectivity index (χ1v) is 14.6. The normalized spacial score (nSPS) is 18.1. The van der Waals surface area contributed by atoms with Crippen molar-refractivity contribution < 1.29 is 14.0 Å². The van der Waals surface area contributed by atoms with E-state index in [0.29, 0.717) is 0 Å². The SMILES string of the molecule is CCCCP(CC)(CCCC)(CCCC)C(C)OP(=O)(O)CC. The minimum absolute atomic E-state index is 0.0496. The van der Waals surface area contributed by atoms with E-state index >= 15 is 0 Å². The average molecular weight is 368 g/mol. The van der Waals surface area contributed by atoms with Crippen LogP contribution in [0.25, 0.3) is 0 Å². The van der Waals surface area contributed by atoms with E-state index in [9.17, 15) is 9.46 Å². The van der Waals surface area contributed by atoms with E-state index in [4.69, 9.17) is 4.52 Å². The summed E-state index contributed by atoms with van der Waals surface area (Å²) >= 11 is 0. The van der Waals surface area contributed by atoms with Gasteiger partial charge in [0.25, 0.3) is 0 Å². The molecular weight excluding hydrogens is 326 g/mol. The van der Waals surface area contributed by atoms with Gasteiger partial charge in [-0.25, -0.2) is 0 Å². The Balaban J connectivity index is 5.77. The van der Waals surface area contributed by atoms with Gasteiger partial charge in [0.1, 0.15) is 0 Å². The number of hydrogen-bond donors (Lipinski definition) is 1. The molecule has 3 nitrogen and oxygen atoms in total. The average Bonchev–Trinajstić information content (AvgIpc) is 2.55. The molecule has 0 rings (SSSR count). The van der Waals surface area contributed by atoms with Gasteiger partial charge in [-0.15, -0.1) is 0 Å². The van der Waals surface area contributed by atoms with Gasteiger partial charge in [-0.3, -0.25) is 0 Å². The third-order valence-corrected chi connectivity index (χ3v) is 16.0. The fraction of sp³-hybridized carbons (Fsp3) is 1.00. The summed E-state index contributed by atoms with van der Waals surface area (Å²) in [5.41, 5.74) is 0. The quantitative estimate of drug-likeness (QED) is 0.355. The van der Waals surface area contributed by atoms with Crippen LogP contribution in [0.5, 0.6) is 0 Å². The molecule has 0 aromatic carbocycles. The van der Waals surface area contributed by atoms with Crippen LogP contribution in [-0.4, -0.2) is 41.5 Å². The zero-order valence-corrected chi connectivity index (χ0v) is 18.3. The fourth-order valence-corrected chi connectivity index (χ4v) is 12.7. The van der Waals surface area contributed by atoms with Crippen LogP contribution in [0.1, 0.15) is 80.1 Å². The summed E-state index contributed by atoms with van der Waals surface area (Å²) in [5.74, 6) is -0.0496. The molecule has 0 aromatic rings. The summed E-state index contributed by atoms with van der Waals surface area (Å²) < 4.78 is 18.2. The van der Waals surface area contributed by atoms with Crippen molar-refractivity contribution in [1.29, 1.82) is 0 Å². The molecular formula is C18H42O3P2. The molecule has 0 aliphatic carbocycles. The first-order valence-electron chi connectivity index (χ1n) is 9.75. The number of rotatable bonds is 14. The van der Waals surface area contributed by atoms with Crippen LogP contribution in [-0.2, 0) is 9.09 Å². The van der Waals surface area contributed by atoms with Crippen molar-refractivity contribution in [3.8, 4) is 0 Å². The summed E-state index contributed by atoms with van der Waals surface area (Å²) in [6.07, 6.45) is 12.3. The van der Waals surface area contributed by atoms with Gasteiger partial charge in [-0.1, -0.05) is 0 Å². The van der Waals surface area contributed by atoms with Crippen LogP contribution in [0, 0.1) is 0 Å². The van der Waals surface area contributed by atoms with E-state index in [1.807, 2.05) is 0 Å². The Morgan fingerprint density at radius 2 is 1.30 bits per heavy atom. The number of unbranched alkanes of at least 4 members (excludes halogenated alkanes) is 3. The zero-order chi connectivity index (χ0) is 18.0. The van der Waals surface area contributed by atoms with Gasteiger partial charge in [-0.05, 0) is 0 Å². The summed E-state index contributed by atoms with van der Waals surface area (Å²) in [4.78, 5) is 10.1. The second-order valence-corrected chi connectivity index (χ2v) is 16.2. The van der Waals surface area contributed by atoms with Crippen molar-refractivity contribution in [2.45, 2.75) is 85.9 Å². The van der Waals surface area contributed by atoms with Crippen LogP contribution in [0.2, 0.25) is 0 Å². The molecule has 0 aromatic heterocycles. The molecule has 0 bridgehead atoms. The predicted octanol–water partition coefficient (Wildman–Crippen LogP) is 6.53. The molecule has 0 fully saturated rings. The van der Waals surface area contributed by atoms with E-state index in [2.05, 4.69) is 34.6 Å². The molecule has 0 aliphatic heterocycles. The molecule has 2 atom stereocenters. The van der Waals surface area contributed by atoms with Crippen molar-refractivity contribution in [2.75, 3.05) is 30.8 Å². The van der Waals surface area contributed by atoms with Crippen molar-refractivity contribution in [1.82, 2.24) is 0 Å². The van der Waals surface area contributed by atoms with Crippen LogP contribution in [0.15, 0.2) is 0 Å². The van der Waals surface area contributed by atoms with Crippen molar-refractivity contribution >= 4 is 14.2 Å². The summed E-state index contributed by atoms with van der Waals surface area (Å²) in [5, 5.41) is 0. The van der Waals surface area contributed by atoms with E-state index in [-0.39, 0.29) is 12.0 Å². The van der Waals surface area contributed by atoms with E-state index in [1.165, 1.54) is 57.0 Å². The molecule has 5 heteroatoms. The first-order chi connectivity index (χ1) is 10.8. The summed E-state index contributed by atoms with van der Waals surface area (Å²) in [6.45, 7) is 10.7. The van der Waals surface area contributed by atoms with Crippen LogP contribution < -0.4 is 0 Å². The van der Waals surface area contributed by atoms with Gasteiger partial charge in [0.2, 0.25) is 0 Å². The molecule has 0 amide bonds. The number of hydrogen-bond acceptors (Lipinski definition) is 2.